The summed E-state index contributed by atoms with van der Waals surface area (Å²) < 4.78 is 19.1. The van der Waals surface area contributed by atoms with Crippen molar-refractivity contribution in [2.45, 2.75) is 25.6 Å². The maximum Gasteiger partial charge on any atom is 0.256 e. The summed E-state index contributed by atoms with van der Waals surface area (Å²) >= 11 is 5.90. The number of rotatable bonds is 3. The molecule has 2 atom stereocenters. The number of aryl methyl sites for hydroxylation is 1. The second-order valence-corrected chi connectivity index (χ2v) is 8.00. The number of carbonyl (C=O) groups is 1. The number of fused-ring (bicyclic) bond motifs is 3. The van der Waals surface area contributed by atoms with Crippen LogP contribution in [-0.2, 0) is 4.74 Å². The van der Waals surface area contributed by atoms with Gasteiger partial charge in [-0.1, -0.05) is 29.8 Å². The van der Waals surface area contributed by atoms with Gasteiger partial charge < -0.3 is 15.0 Å². The fraction of sp³-hybridized carbons (Fsp3) is 0.273. The van der Waals surface area contributed by atoms with Gasteiger partial charge in [0.1, 0.15) is 11.6 Å². The van der Waals surface area contributed by atoms with Crippen molar-refractivity contribution in [3.63, 3.8) is 0 Å². The number of piperidine rings is 1. The normalized spacial score (nSPS) is 20.4. The number of benzene rings is 2. The van der Waals surface area contributed by atoms with Crippen molar-refractivity contribution >= 4 is 39.8 Å². The van der Waals surface area contributed by atoms with Gasteiger partial charge in [0.15, 0.2) is 0 Å². The molecule has 7 heteroatoms. The molecule has 0 saturated carbocycles. The molecule has 1 N–H and O–H groups in total. The van der Waals surface area contributed by atoms with E-state index < -0.39 is 5.82 Å². The molecule has 2 unspecified atom stereocenters. The maximum absolute atomic E-state index is 13.5. The maximum atomic E-state index is 13.5. The molecule has 3 aliphatic heterocycles. The highest BCUT2D eigenvalue weighted by atomic mass is 35.5. The van der Waals surface area contributed by atoms with Crippen LogP contribution >= 0.6 is 11.6 Å². The summed E-state index contributed by atoms with van der Waals surface area (Å²) in [6, 6.07) is 10.3. The molecule has 3 aromatic rings. The largest absolute Gasteiger partial charge is 0.371 e. The molecule has 5 nitrogen and oxygen atoms in total. The quantitative estimate of drug-likeness (QED) is 0.679. The molecule has 148 valence electrons. The number of ether oxygens (including phenoxy) is 1. The zero-order valence-electron chi connectivity index (χ0n) is 15.8. The van der Waals surface area contributed by atoms with E-state index in [1.54, 1.807) is 12.3 Å². The fourth-order valence-corrected chi connectivity index (χ4v) is 4.33. The molecule has 3 fully saturated rings. The van der Waals surface area contributed by atoms with E-state index in [2.05, 4.69) is 10.3 Å². The van der Waals surface area contributed by atoms with E-state index >= 15 is 0 Å². The van der Waals surface area contributed by atoms with Gasteiger partial charge in [0.05, 0.1) is 22.8 Å². The lowest BCUT2D eigenvalue weighted by Gasteiger charge is -2.47. The third-order valence-electron chi connectivity index (χ3n) is 5.58. The van der Waals surface area contributed by atoms with Crippen LogP contribution in [0.4, 0.5) is 15.9 Å². The lowest BCUT2D eigenvalue weighted by Crippen LogP contribution is -2.58. The average Bonchev–Trinajstić information content (AvgIpc) is 2.70. The Balaban J connectivity index is 1.54. The molecular formula is C22H19ClFN3O2. The van der Waals surface area contributed by atoms with Crippen molar-refractivity contribution in [1.82, 2.24) is 9.88 Å². The van der Waals surface area contributed by atoms with E-state index in [4.69, 9.17) is 16.3 Å². The number of nitrogens with one attached hydrogen (secondary N) is 1. The molecule has 2 aromatic carbocycles. The number of nitrogens with zero attached hydrogens (tertiary/aromatic N) is 2. The molecule has 3 saturated heterocycles. The highest BCUT2D eigenvalue weighted by Gasteiger charge is 2.40. The number of amides is 1. The van der Waals surface area contributed by atoms with E-state index in [-0.39, 0.29) is 23.1 Å². The summed E-state index contributed by atoms with van der Waals surface area (Å²) in [7, 11) is 0. The minimum absolute atomic E-state index is 0.0221. The van der Waals surface area contributed by atoms with Gasteiger partial charge >= 0.3 is 0 Å². The van der Waals surface area contributed by atoms with Crippen LogP contribution in [-0.4, -0.2) is 41.1 Å². The Bertz CT molecular complexity index is 1120. The zero-order chi connectivity index (χ0) is 20.1. The number of anilines is 2. The Labute approximate surface area is 172 Å². The minimum Gasteiger partial charge on any atom is -0.371 e. The summed E-state index contributed by atoms with van der Waals surface area (Å²) in [6.45, 7) is 3.22. The molecule has 3 aliphatic rings. The first-order chi connectivity index (χ1) is 14.0. The molecule has 6 rings (SSSR count). The lowest BCUT2D eigenvalue weighted by atomic mass is 9.96. The van der Waals surface area contributed by atoms with Gasteiger partial charge in [0, 0.05) is 42.2 Å². The van der Waals surface area contributed by atoms with Crippen LogP contribution < -0.4 is 5.32 Å². The van der Waals surface area contributed by atoms with E-state index in [0.29, 0.717) is 30.2 Å². The summed E-state index contributed by atoms with van der Waals surface area (Å²) in [5.41, 5.74) is 2.20. The van der Waals surface area contributed by atoms with Crippen molar-refractivity contribution in [1.29, 1.82) is 0 Å². The van der Waals surface area contributed by atoms with Gasteiger partial charge in [-0.2, -0.15) is 0 Å². The molecule has 0 spiro atoms. The Morgan fingerprint density at radius 1 is 1.28 bits per heavy atom. The number of morpholine rings is 1. The van der Waals surface area contributed by atoms with Crippen LogP contribution in [0.1, 0.15) is 22.3 Å². The first kappa shape index (κ1) is 18.3. The van der Waals surface area contributed by atoms with Crippen LogP contribution in [0.3, 0.4) is 0 Å². The zero-order valence-corrected chi connectivity index (χ0v) is 16.5. The summed E-state index contributed by atoms with van der Waals surface area (Å²) in [4.78, 5) is 19.6. The Morgan fingerprint density at radius 2 is 2.03 bits per heavy atom. The van der Waals surface area contributed by atoms with Crippen LogP contribution in [0.2, 0.25) is 5.02 Å². The molecule has 29 heavy (non-hydrogen) atoms. The minimum atomic E-state index is -0.476. The number of halogens is 2. The van der Waals surface area contributed by atoms with Crippen molar-refractivity contribution in [2.24, 2.45) is 0 Å². The van der Waals surface area contributed by atoms with Crippen molar-refractivity contribution in [3.05, 3.63) is 64.6 Å². The number of hydrogen-bond donors (Lipinski definition) is 1. The van der Waals surface area contributed by atoms with E-state index in [0.717, 1.165) is 22.8 Å². The first-order valence-electron chi connectivity index (χ1n) is 9.55. The molecule has 0 aliphatic carbocycles. The van der Waals surface area contributed by atoms with Crippen LogP contribution in [0.15, 0.2) is 42.6 Å². The van der Waals surface area contributed by atoms with Gasteiger partial charge in [-0.3, -0.25) is 4.79 Å². The monoisotopic (exact) mass is 411 g/mol. The smallest absolute Gasteiger partial charge is 0.256 e. The average molecular weight is 412 g/mol. The topological polar surface area (TPSA) is 54.5 Å². The van der Waals surface area contributed by atoms with Crippen LogP contribution in [0.5, 0.6) is 0 Å². The third kappa shape index (κ3) is 3.22. The predicted molar refractivity (Wildman–Crippen MR) is 110 cm³/mol. The van der Waals surface area contributed by atoms with Gasteiger partial charge in [0.2, 0.25) is 0 Å². The van der Waals surface area contributed by atoms with E-state index in [9.17, 15) is 9.18 Å². The molecule has 0 radical (unpaired) electrons. The fourth-order valence-electron chi connectivity index (χ4n) is 4.15. The van der Waals surface area contributed by atoms with Gasteiger partial charge in [-0.05, 0) is 30.7 Å². The van der Waals surface area contributed by atoms with Crippen molar-refractivity contribution in [2.75, 3.05) is 18.4 Å². The van der Waals surface area contributed by atoms with Crippen LogP contribution in [0.25, 0.3) is 10.8 Å². The number of hydrogen-bond acceptors (Lipinski definition) is 4. The van der Waals surface area contributed by atoms with Crippen molar-refractivity contribution in [3.8, 4) is 0 Å². The van der Waals surface area contributed by atoms with Crippen molar-refractivity contribution < 1.29 is 13.9 Å². The molecular weight excluding hydrogens is 393 g/mol. The highest BCUT2D eigenvalue weighted by molar-refractivity contribution is 6.31. The molecule has 4 heterocycles. The van der Waals surface area contributed by atoms with Gasteiger partial charge in [0.25, 0.3) is 5.91 Å². The summed E-state index contributed by atoms with van der Waals surface area (Å²) in [5.74, 6) is 0.0920. The van der Waals surface area contributed by atoms with Gasteiger partial charge in [-0.25, -0.2) is 9.37 Å². The number of aromatic nitrogens is 1. The predicted octanol–water partition coefficient (Wildman–Crippen LogP) is 4.69. The number of pyridine rings is 1. The first-order valence-corrected chi connectivity index (χ1v) is 9.92. The highest BCUT2D eigenvalue weighted by Crippen LogP contribution is 2.33. The Kier molecular flexibility index (Phi) is 4.41. The lowest BCUT2D eigenvalue weighted by molar-refractivity contribution is -0.171. The standard InChI is InChI=1S/C22H19ClFN3O2/c1-12-3-2-4-16-20(12)17(22(28)27-10-14-8-15(11-27)29-14)9-25-21(16)26-13-5-6-19(24)18(23)7-13/h2-7,9,14-15H,8,10-11H2,1H3,(H,25,26). The second-order valence-electron chi connectivity index (χ2n) is 7.60. The third-order valence-corrected chi connectivity index (χ3v) is 5.87. The van der Waals surface area contributed by atoms with Crippen LogP contribution in [0, 0.1) is 12.7 Å². The Hall–Kier alpha value is -2.70. The Morgan fingerprint density at radius 3 is 2.76 bits per heavy atom. The number of carbonyl (C=O) groups excluding carboxylic acids is 1. The second kappa shape index (κ2) is 6.97. The summed E-state index contributed by atoms with van der Waals surface area (Å²) in [5, 5.41) is 4.92. The SMILES string of the molecule is Cc1cccc2c(Nc3ccc(F)c(Cl)c3)ncc(C(=O)N3CC4CC(C3)O4)c12. The molecule has 1 amide bonds. The summed E-state index contributed by atoms with van der Waals surface area (Å²) in [6.07, 6.45) is 2.96. The molecule has 2 bridgehead atoms. The van der Waals surface area contributed by atoms with E-state index in [1.807, 2.05) is 30.0 Å². The van der Waals surface area contributed by atoms with Gasteiger partial charge in [-0.15, -0.1) is 0 Å². The molecule has 1 aromatic heterocycles. The van der Waals surface area contributed by atoms with E-state index in [1.165, 1.54) is 12.1 Å².